The second kappa shape index (κ2) is 4.02. The molecule has 1 aliphatic rings. The predicted molar refractivity (Wildman–Crippen MR) is 56.2 cm³/mol. The Morgan fingerprint density at radius 1 is 1.80 bits per heavy atom. The van der Waals surface area contributed by atoms with Crippen LogP contribution in [0.3, 0.4) is 0 Å². The highest BCUT2D eigenvalue weighted by molar-refractivity contribution is 5.79. The van der Waals surface area contributed by atoms with Gasteiger partial charge in [-0.1, -0.05) is 0 Å². The molecule has 0 aromatic carbocycles. The van der Waals surface area contributed by atoms with Gasteiger partial charge < -0.3 is 15.6 Å². The number of hydrogen-bond donors (Lipinski definition) is 2. The minimum absolute atomic E-state index is 0.322. The smallest absolute Gasteiger partial charge is 0.236 e. The van der Waals surface area contributed by atoms with Crippen molar-refractivity contribution < 1.29 is 4.79 Å². The van der Waals surface area contributed by atoms with E-state index in [1.165, 1.54) is 12.8 Å². The van der Waals surface area contributed by atoms with Crippen molar-refractivity contribution in [3.05, 3.63) is 18.2 Å². The van der Waals surface area contributed by atoms with E-state index in [9.17, 15) is 4.79 Å². The van der Waals surface area contributed by atoms with Gasteiger partial charge in [0.2, 0.25) is 5.91 Å². The Morgan fingerprint density at radius 2 is 2.53 bits per heavy atom. The van der Waals surface area contributed by atoms with Gasteiger partial charge in [0, 0.05) is 24.9 Å². The molecule has 1 aromatic heterocycles. The van der Waals surface area contributed by atoms with E-state index in [1.54, 1.807) is 13.2 Å². The van der Waals surface area contributed by atoms with Gasteiger partial charge in [-0.25, -0.2) is 4.98 Å². The highest BCUT2D eigenvalue weighted by atomic mass is 16.1. The Bertz CT molecular complexity index is 356. The topological polar surface area (TPSA) is 72.9 Å². The third-order valence-electron chi connectivity index (χ3n) is 2.76. The first-order valence-corrected chi connectivity index (χ1v) is 5.20. The molecular weight excluding hydrogens is 192 g/mol. The number of nitrogens with one attached hydrogen (secondary N) is 1. The van der Waals surface area contributed by atoms with Gasteiger partial charge in [-0.2, -0.15) is 0 Å². The van der Waals surface area contributed by atoms with Gasteiger partial charge in [-0.3, -0.25) is 4.79 Å². The molecule has 1 aliphatic carbocycles. The molecule has 2 rings (SSSR count). The van der Waals surface area contributed by atoms with Crippen LogP contribution in [0, 0.1) is 0 Å². The lowest BCUT2D eigenvalue weighted by Gasteiger charge is -2.14. The third kappa shape index (κ3) is 2.18. The van der Waals surface area contributed by atoms with Crippen LogP contribution in [0.1, 0.15) is 24.6 Å². The van der Waals surface area contributed by atoms with Gasteiger partial charge in [-0.15, -0.1) is 0 Å². The number of rotatable bonds is 5. The summed E-state index contributed by atoms with van der Waals surface area (Å²) in [5.41, 5.74) is 5.27. The molecule has 82 valence electrons. The number of primary amides is 1. The first-order chi connectivity index (χ1) is 7.22. The summed E-state index contributed by atoms with van der Waals surface area (Å²) >= 11 is 0. The minimum Gasteiger partial charge on any atom is -0.368 e. The molecule has 1 saturated carbocycles. The van der Waals surface area contributed by atoms with Crippen molar-refractivity contribution >= 4 is 5.91 Å². The van der Waals surface area contributed by atoms with Crippen LogP contribution in [0.5, 0.6) is 0 Å². The number of hydrogen-bond acceptors (Lipinski definition) is 3. The molecule has 0 aliphatic heterocycles. The SMILES string of the molecule is CNC(Cn1ccnc1C1CC1)C(N)=O. The highest BCUT2D eigenvalue weighted by Crippen LogP contribution is 2.38. The zero-order valence-corrected chi connectivity index (χ0v) is 8.81. The van der Waals surface area contributed by atoms with Crippen molar-refractivity contribution in [3.63, 3.8) is 0 Å². The Balaban J connectivity index is 2.08. The van der Waals surface area contributed by atoms with E-state index >= 15 is 0 Å². The largest absolute Gasteiger partial charge is 0.368 e. The van der Waals surface area contributed by atoms with Crippen molar-refractivity contribution in [3.8, 4) is 0 Å². The number of imidazole rings is 1. The zero-order valence-electron chi connectivity index (χ0n) is 8.81. The van der Waals surface area contributed by atoms with E-state index in [2.05, 4.69) is 10.3 Å². The maximum absolute atomic E-state index is 11.1. The first kappa shape index (κ1) is 10.2. The lowest BCUT2D eigenvalue weighted by molar-refractivity contribution is -0.120. The second-order valence-corrected chi connectivity index (χ2v) is 3.96. The molecule has 0 saturated heterocycles. The molecule has 1 amide bonds. The summed E-state index contributed by atoms with van der Waals surface area (Å²) in [5.74, 6) is 1.34. The monoisotopic (exact) mass is 208 g/mol. The number of likely N-dealkylation sites (N-methyl/N-ethyl adjacent to an activating group) is 1. The van der Waals surface area contributed by atoms with Gasteiger partial charge in [0.15, 0.2) is 0 Å². The molecule has 1 atom stereocenters. The van der Waals surface area contributed by atoms with Gasteiger partial charge >= 0.3 is 0 Å². The Kier molecular flexibility index (Phi) is 2.73. The maximum Gasteiger partial charge on any atom is 0.236 e. The van der Waals surface area contributed by atoms with Crippen LogP contribution in [-0.2, 0) is 11.3 Å². The number of carbonyl (C=O) groups is 1. The molecule has 1 unspecified atom stereocenters. The van der Waals surface area contributed by atoms with Crippen molar-refractivity contribution in [2.45, 2.75) is 31.3 Å². The van der Waals surface area contributed by atoms with Crippen LogP contribution < -0.4 is 11.1 Å². The van der Waals surface area contributed by atoms with Gasteiger partial charge in [0.25, 0.3) is 0 Å². The average Bonchev–Trinajstić information content (AvgIpc) is 2.95. The summed E-state index contributed by atoms with van der Waals surface area (Å²) in [6, 6.07) is -0.322. The molecule has 0 bridgehead atoms. The lowest BCUT2D eigenvalue weighted by atomic mass is 10.2. The predicted octanol–water partition coefficient (Wildman–Crippen LogP) is -0.166. The molecule has 0 spiro atoms. The van der Waals surface area contributed by atoms with Crippen molar-refractivity contribution in [2.24, 2.45) is 5.73 Å². The van der Waals surface area contributed by atoms with Crippen molar-refractivity contribution in [1.29, 1.82) is 0 Å². The van der Waals surface area contributed by atoms with Crippen molar-refractivity contribution in [1.82, 2.24) is 14.9 Å². The average molecular weight is 208 g/mol. The molecule has 5 heteroatoms. The fourth-order valence-corrected chi connectivity index (χ4v) is 1.70. The lowest BCUT2D eigenvalue weighted by Crippen LogP contribution is -2.42. The van der Waals surface area contributed by atoms with Gasteiger partial charge in [-0.05, 0) is 19.9 Å². The number of aromatic nitrogens is 2. The molecular formula is C10H16N4O. The molecule has 3 N–H and O–H groups in total. The van der Waals surface area contributed by atoms with Crippen LogP contribution in [0.25, 0.3) is 0 Å². The number of carbonyl (C=O) groups excluding carboxylic acids is 1. The third-order valence-corrected chi connectivity index (χ3v) is 2.76. The molecule has 0 radical (unpaired) electrons. The summed E-state index contributed by atoms with van der Waals surface area (Å²) in [5, 5.41) is 2.90. The number of amides is 1. The van der Waals surface area contributed by atoms with Crippen LogP contribution in [-0.4, -0.2) is 28.5 Å². The van der Waals surface area contributed by atoms with E-state index in [1.807, 2.05) is 10.8 Å². The van der Waals surface area contributed by atoms with Crippen LogP contribution in [0.15, 0.2) is 12.4 Å². The summed E-state index contributed by atoms with van der Waals surface area (Å²) in [4.78, 5) is 15.4. The van der Waals surface area contributed by atoms with Gasteiger partial charge in [0.1, 0.15) is 11.9 Å². The van der Waals surface area contributed by atoms with Crippen LogP contribution in [0.2, 0.25) is 0 Å². The summed E-state index contributed by atoms with van der Waals surface area (Å²) < 4.78 is 2.02. The van der Waals surface area contributed by atoms with E-state index in [0.717, 1.165) is 5.82 Å². The fourth-order valence-electron chi connectivity index (χ4n) is 1.70. The normalized spacial score (nSPS) is 17.7. The fraction of sp³-hybridized carbons (Fsp3) is 0.600. The summed E-state index contributed by atoms with van der Waals surface area (Å²) in [7, 11) is 1.74. The zero-order chi connectivity index (χ0) is 10.8. The van der Waals surface area contributed by atoms with E-state index < -0.39 is 0 Å². The Morgan fingerprint density at radius 3 is 3.07 bits per heavy atom. The second-order valence-electron chi connectivity index (χ2n) is 3.96. The molecule has 5 nitrogen and oxygen atoms in total. The highest BCUT2D eigenvalue weighted by Gasteiger charge is 2.28. The Hall–Kier alpha value is -1.36. The number of nitrogens with zero attached hydrogens (tertiary/aromatic N) is 2. The van der Waals surface area contributed by atoms with Crippen molar-refractivity contribution in [2.75, 3.05) is 7.05 Å². The standard InChI is InChI=1S/C10H16N4O/c1-12-8(9(11)15)6-14-5-4-13-10(14)7-2-3-7/h4-5,7-8,12H,2-3,6H2,1H3,(H2,11,15). The molecule has 1 fully saturated rings. The quantitative estimate of drug-likeness (QED) is 0.706. The van der Waals surface area contributed by atoms with Crippen LogP contribution in [0.4, 0.5) is 0 Å². The van der Waals surface area contributed by atoms with E-state index in [-0.39, 0.29) is 11.9 Å². The summed E-state index contributed by atoms with van der Waals surface area (Å²) in [6.07, 6.45) is 6.10. The van der Waals surface area contributed by atoms with E-state index in [4.69, 9.17) is 5.73 Å². The summed E-state index contributed by atoms with van der Waals surface area (Å²) in [6.45, 7) is 0.567. The number of nitrogens with two attached hydrogens (primary N) is 1. The van der Waals surface area contributed by atoms with E-state index in [0.29, 0.717) is 12.5 Å². The minimum atomic E-state index is -0.326. The maximum atomic E-state index is 11.1. The van der Waals surface area contributed by atoms with Crippen LogP contribution >= 0.6 is 0 Å². The molecule has 15 heavy (non-hydrogen) atoms. The molecule has 1 aromatic rings. The Labute approximate surface area is 88.7 Å². The van der Waals surface area contributed by atoms with Gasteiger partial charge in [0.05, 0.1) is 0 Å². The molecule has 1 heterocycles. The first-order valence-electron chi connectivity index (χ1n) is 5.20.